The summed E-state index contributed by atoms with van der Waals surface area (Å²) < 4.78 is 28.6. The van der Waals surface area contributed by atoms with Crippen molar-refractivity contribution in [1.82, 2.24) is 10.9 Å². The minimum absolute atomic E-state index is 0.0120. The highest BCUT2D eigenvalue weighted by Gasteiger charge is 2.32. The highest BCUT2D eigenvalue weighted by molar-refractivity contribution is 7.89. The zero-order valence-corrected chi connectivity index (χ0v) is 17.7. The molecule has 3 aromatic rings. The van der Waals surface area contributed by atoms with Gasteiger partial charge in [-0.15, -0.1) is 0 Å². The molecule has 0 saturated heterocycles. The Hall–Kier alpha value is -3.47. The summed E-state index contributed by atoms with van der Waals surface area (Å²) in [6.07, 6.45) is 0. The van der Waals surface area contributed by atoms with Gasteiger partial charge < -0.3 is 10.1 Å². The number of hydrogen-bond acceptors (Lipinski definition) is 5. The normalized spacial score (nSPS) is 12.7. The quantitative estimate of drug-likeness (QED) is 0.354. The number of rotatable bonds is 3. The molecule has 1 aliphatic rings. The smallest absolute Gasteiger partial charge is 0.250 e. The van der Waals surface area contributed by atoms with Crippen LogP contribution in [0, 0.1) is 0 Å². The van der Waals surface area contributed by atoms with Crippen molar-refractivity contribution in [3.05, 3.63) is 83.9 Å². The van der Waals surface area contributed by atoms with Crippen molar-refractivity contribution in [2.24, 2.45) is 5.14 Å². The maximum Gasteiger partial charge on any atom is 0.250 e. The first-order chi connectivity index (χ1) is 14.8. The number of nitrogens with one attached hydrogen (secondary N) is 3. The number of anilines is 1. The van der Waals surface area contributed by atoms with Crippen LogP contribution in [0.3, 0.4) is 0 Å². The minimum Gasteiger partial charge on any atom is -0.457 e. The van der Waals surface area contributed by atoms with Crippen LogP contribution in [0.4, 0.5) is 5.69 Å². The summed E-state index contributed by atoms with van der Waals surface area (Å²) in [5, 5.41) is 8.08. The van der Waals surface area contributed by atoms with E-state index in [0.717, 1.165) is 11.1 Å². The summed E-state index contributed by atoms with van der Waals surface area (Å²) in [6, 6.07) is 20.5. The van der Waals surface area contributed by atoms with E-state index in [-0.39, 0.29) is 15.9 Å². The van der Waals surface area contributed by atoms with Crippen LogP contribution in [0.15, 0.2) is 77.7 Å². The van der Waals surface area contributed by atoms with Crippen molar-refractivity contribution in [3.63, 3.8) is 0 Å². The van der Waals surface area contributed by atoms with Crippen molar-refractivity contribution in [1.29, 1.82) is 0 Å². The number of amides is 1. The van der Waals surface area contributed by atoms with E-state index in [4.69, 9.17) is 22.1 Å². The number of para-hydroxylation sites is 2. The van der Waals surface area contributed by atoms with E-state index < -0.39 is 15.9 Å². The first-order valence-electron chi connectivity index (χ1n) is 9.18. The van der Waals surface area contributed by atoms with Crippen LogP contribution in [0.1, 0.15) is 17.0 Å². The summed E-state index contributed by atoms with van der Waals surface area (Å²) >= 11 is 5.21. The van der Waals surface area contributed by atoms with Crippen LogP contribution in [-0.2, 0) is 14.8 Å². The van der Waals surface area contributed by atoms with Gasteiger partial charge in [0, 0.05) is 16.8 Å². The molecule has 0 fully saturated rings. The van der Waals surface area contributed by atoms with Gasteiger partial charge in [0.15, 0.2) is 5.11 Å². The molecule has 0 unspecified atom stereocenters. The third kappa shape index (κ3) is 4.50. The molecule has 8 nitrogen and oxygen atoms in total. The van der Waals surface area contributed by atoms with Crippen LogP contribution >= 0.6 is 12.2 Å². The highest BCUT2D eigenvalue weighted by atomic mass is 32.2. The number of primary sulfonamides is 1. The number of carbonyl (C=O) groups excluding carboxylic acids is 1. The Bertz CT molecular complexity index is 1210. The lowest BCUT2D eigenvalue weighted by molar-refractivity contribution is -0.122. The third-order valence-electron chi connectivity index (χ3n) is 4.68. The number of fused-ring (bicyclic) bond motifs is 2. The van der Waals surface area contributed by atoms with Crippen molar-refractivity contribution < 1.29 is 17.9 Å². The number of carbonyl (C=O) groups is 1. The fraction of sp³-hybridized carbons (Fsp3) is 0.0476. The van der Waals surface area contributed by atoms with Crippen molar-refractivity contribution in [2.75, 3.05) is 5.32 Å². The van der Waals surface area contributed by atoms with Crippen LogP contribution in [0.25, 0.3) is 0 Å². The predicted molar refractivity (Wildman–Crippen MR) is 120 cm³/mol. The standard InChI is InChI=1S/C21H18N4O4S2/c22-31(27,28)14-11-9-13(10-12-14)23-21(30)25-24-20(26)19-15-5-1-3-7-17(15)29-18-8-4-2-6-16(18)19/h1-12,19H,(H,24,26)(H2,22,27,28)(H2,23,25,30). The van der Waals surface area contributed by atoms with E-state index in [2.05, 4.69) is 16.2 Å². The van der Waals surface area contributed by atoms with Gasteiger partial charge in [0.1, 0.15) is 11.5 Å². The predicted octanol–water partition coefficient (Wildman–Crippen LogP) is 2.59. The van der Waals surface area contributed by atoms with Crippen molar-refractivity contribution in [3.8, 4) is 11.5 Å². The lowest BCUT2D eigenvalue weighted by Gasteiger charge is -2.27. The summed E-state index contributed by atoms with van der Waals surface area (Å²) in [6.45, 7) is 0. The second kappa shape index (κ2) is 8.34. The fourth-order valence-corrected chi connectivity index (χ4v) is 3.96. The lowest BCUT2D eigenvalue weighted by Crippen LogP contribution is -2.46. The van der Waals surface area contributed by atoms with Crippen LogP contribution in [0.2, 0.25) is 0 Å². The molecule has 0 atom stereocenters. The van der Waals surface area contributed by atoms with Crippen LogP contribution in [0.5, 0.6) is 11.5 Å². The molecular formula is C21H18N4O4S2. The van der Waals surface area contributed by atoms with Gasteiger partial charge in [-0.2, -0.15) is 0 Å². The van der Waals surface area contributed by atoms with Crippen molar-refractivity contribution >= 4 is 38.9 Å². The molecule has 0 aliphatic carbocycles. The molecule has 1 amide bonds. The second-order valence-electron chi connectivity index (χ2n) is 6.75. The monoisotopic (exact) mass is 454 g/mol. The Kier molecular flexibility index (Phi) is 5.59. The van der Waals surface area contributed by atoms with E-state index in [0.29, 0.717) is 17.2 Å². The van der Waals surface area contributed by atoms with Gasteiger partial charge in [-0.1, -0.05) is 36.4 Å². The zero-order chi connectivity index (χ0) is 22.0. The minimum atomic E-state index is -3.77. The molecule has 1 aliphatic heterocycles. The van der Waals surface area contributed by atoms with Gasteiger partial charge in [0.05, 0.1) is 10.8 Å². The molecular weight excluding hydrogens is 436 g/mol. The maximum atomic E-state index is 13.0. The Balaban J connectivity index is 1.45. The fourth-order valence-electron chi connectivity index (χ4n) is 3.27. The van der Waals surface area contributed by atoms with Gasteiger partial charge in [0.2, 0.25) is 10.0 Å². The van der Waals surface area contributed by atoms with Gasteiger partial charge in [-0.3, -0.25) is 15.6 Å². The summed E-state index contributed by atoms with van der Waals surface area (Å²) in [5.74, 6) is 0.358. The SMILES string of the molecule is NS(=O)(=O)c1ccc(NC(=S)NNC(=O)C2c3ccccc3Oc3ccccc32)cc1. The first kappa shape index (κ1) is 20.8. The number of sulfonamides is 1. The van der Waals surface area contributed by atoms with Gasteiger partial charge in [-0.25, -0.2) is 13.6 Å². The molecule has 0 aromatic heterocycles. The van der Waals surface area contributed by atoms with Gasteiger partial charge in [-0.05, 0) is 48.6 Å². The molecule has 4 rings (SSSR count). The van der Waals surface area contributed by atoms with E-state index in [1.54, 1.807) is 0 Å². The molecule has 5 N–H and O–H groups in total. The number of nitrogens with two attached hydrogens (primary N) is 1. The van der Waals surface area contributed by atoms with E-state index in [1.807, 2.05) is 48.5 Å². The topological polar surface area (TPSA) is 123 Å². The summed E-state index contributed by atoms with van der Waals surface area (Å²) in [7, 11) is -3.77. The highest BCUT2D eigenvalue weighted by Crippen LogP contribution is 2.43. The molecule has 3 aromatic carbocycles. The third-order valence-corrected chi connectivity index (χ3v) is 5.82. The summed E-state index contributed by atoms with van der Waals surface area (Å²) in [5.41, 5.74) is 7.32. The van der Waals surface area contributed by atoms with E-state index >= 15 is 0 Å². The average Bonchev–Trinajstić information content (AvgIpc) is 2.75. The molecule has 158 valence electrons. The molecule has 10 heteroatoms. The molecule has 0 spiro atoms. The lowest BCUT2D eigenvalue weighted by atomic mass is 9.87. The average molecular weight is 455 g/mol. The van der Waals surface area contributed by atoms with Crippen LogP contribution < -0.4 is 26.0 Å². The van der Waals surface area contributed by atoms with E-state index in [9.17, 15) is 13.2 Å². The van der Waals surface area contributed by atoms with E-state index in [1.165, 1.54) is 24.3 Å². The molecule has 0 bridgehead atoms. The number of benzene rings is 3. The number of hydrazine groups is 1. The van der Waals surface area contributed by atoms with Gasteiger partial charge >= 0.3 is 0 Å². The summed E-state index contributed by atoms with van der Waals surface area (Å²) in [4.78, 5) is 13.0. The Morgan fingerprint density at radius 1 is 0.871 bits per heavy atom. The molecule has 1 heterocycles. The van der Waals surface area contributed by atoms with Crippen molar-refractivity contribution in [2.45, 2.75) is 10.8 Å². The number of hydrogen-bond donors (Lipinski definition) is 4. The number of thiocarbonyl (C=S) groups is 1. The maximum absolute atomic E-state index is 13.0. The Labute approximate surface area is 184 Å². The first-order valence-corrected chi connectivity index (χ1v) is 11.1. The zero-order valence-electron chi connectivity index (χ0n) is 16.0. The molecule has 31 heavy (non-hydrogen) atoms. The van der Waals surface area contributed by atoms with Crippen LogP contribution in [-0.4, -0.2) is 19.4 Å². The second-order valence-corrected chi connectivity index (χ2v) is 8.72. The Morgan fingerprint density at radius 2 is 1.42 bits per heavy atom. The molecule has 0 saturated carbocycles. The largest absolute Gasteiger partial charge is 0.457 e. The Morgan fingerprint density at radius 3 is 1.97 bits per heavy atom. The van der Waals surface area contributed by atoms with Gasteiger partial charge in [0.25, 0.3) is 5.91 Å². The number of ether oxygens (including phenoxy) is 1. The molecule has 0 radical (unpaired) electrons.